The Morgan fingerprint density at radius 1 is 1.45 bits per heavy atom. The van der Waals surface area contributed by atoms with E-state index in [2.05, 4.69) is 39.6 Å². The average Bonchev–Trinajstić information content (AvgIpc) is 2.69. The topological polar surface area (TPSA) is 47.8 Å². The summed E-state index contributed by atoms with van der Waals surface area (Å²) in [5.41, 5.74) is 1.74. The molecule has 0 aromatic heterocycles. The van der Waals surface area contributed by atoms with Gasteiger partial charge in [0.1, 0.15) is 0 Å². The first-order valence-corrected chi connectivity index (χ1v) is 8.18. The van der Waals surface area contributed by atoms with Gasteiger partial charge >= 0.3 is 0 Å². The number of nitriles is 1. The van der Waals surface area contributed by atoms with Gasteiger partial charge in [0.15, 0.2) is 0 Å². The maximum atomic E-state index is 8.88. The second-order valence-corrected chi connectivity index (χ2v) is 6.44. The molecule has 1 fully saturated rings. The van der Waals surface area contributed by atoms with Gasteiger partial charge in [-0.3, -0.25) is 0 Å². The van der Waals surface area contributed by atoms with Crippen LogP contribution in [0.3, 0.4) is 0 Å². The molecule has 0 bridgehead atoms. The van der Waals surface area contributed by atoms with Crippen molar-refractivity contribution in [3.05, 3.63) is 28.2 Å². The van der Waals surface area contributed by atoms with Gasteiger partial charge in [0.2, 0.25) is 0 Å². The van der Waals surface area contributed by atoms with Crippen molar-refractivity contribution in [1.29, 1.82) is 5.26 Å². The van der Waals surface area contributed by atoms with Gasteiger partial charge < -0.3 is 10.6 Å². The highest BCUT2D eigenvalue weighted by atomic mass is 79.9. The Bertz CT molecular complexity index is 473. The predicted octanol–water partition coefficient (Wildman–Crippen LogP) is 4.04. The van der Waals surface area contributed by atoms with Crippen molar-refractivity contribution in [3.8, 4) is 6.07 Å². The van der Waals surface area contributed by atoms with Gasteiger partial charge in [-0.05, 0) is 66.9 Å². The third-order valence-corrected chi connectivity index (χ3v) is 4.46. The van der Waals surface area contributed by atoms with Gasteiger partial charge in [-0.1, -0.05) is 12.8 Å². The van der Waals surface area contributed by atoms with E-state index in [4.69, 9.17) is 5.26 Å². The van der Waals surface area contributed by atoms with Gasteiger partial charge in [-0.25, -0.2) is 0 Å². The Balaban J connectivity index is 1.90. The van der Waals surface area contributed by atoms with E-state index in [1.807, 2.05) is 18.2 Å². The minimum atomic E-state index is 0.412. The quantitative estimate of drug-likeness (QED) is 0.872. The molecule has 1 aromatic carbocycles. The van der Waals surface area contributed by atoms with Crippen LogP contribution in [0.5, 0.6) is 0 Å². The molecule has 0 saturated carbocycles. The smallest absolute Gasteiger partial charge is 0.0992 e. The van der Waals surface area contributed by atoms with Crippen molar-refractivity contribution < 1.29 is 0 Å². The van der Waals surface area contributed by atoms with Crippen LogP contribution in [0.1, 0.15) is 44.6 Å². The number of hydrogen-bond donors (Lipinski definition) is 2. The molecule has 2 unspecified atom stereocenters. The van der Waals surface area contributed by atoms with Gasteiger partial charge in [0, 0.05) is 22.2 Å². The summed E-state index contributed by atoms with van der Waals surface area (Å²) in [5.74, 6) is 0. The Hall–Kier alpha value is -1.05. The van der Waals surface area contributed by atoms with E-state index in [9.17, 15) is 0 Å². The maximum absolute atomic E-state index is 8.88. The van der Waals surface area contributed by atoms with E-state index in [-0.39, 0.29) is 0 Å². The number of halogens is 1. The number of hydrogen-bond acceptors (Lipinski definition) is 3. The van der Waals surface area contributed by atoms with Crippen LogP contribution < -0.4 is 10.6 Å². The van der Waals surface area contributed by atoms with Crippen molar-refractivity contribution in [1.82, 2.24) is 5.32 Å². The second-order valence-electron chi connectivity index (χ2n) is 5.59. The highest BCUT2D eigenvalue weighted by Crippen LogP contribution is 2.25. The summed E-state index contributed by atoms with van der Waals surface area (Å²) < 4.78 is 0.956. The first-order chi connectivity index (χ1) is 9.69. The zero-order valence-corrected chi connectivity index (χ0v) is 13.5. The van der Waals surface area contributed by atoms with E-state index in [1.54, 1.807) is 0 Å². The largest absolute Gasteiger partial charge is 0.382 e. The number of nitrogens with zero attached hydrogens (tertiary/aromatic N) is 1. The molecule has 1 aliphatic heterocycles. The number of anilines is 1. The van der Waals surface area contributed by atoms with Crippen molar-refractivity contribution in [3.63, 3.8) is 0 Å². The third-order valence-electron chi connectivity index (χ3n) is 3.80. The van der Waals surface area contributed by atoms with Gasteiger partial charge in [-0.15, -0.1) is 0 Å². The van der Waals surface area contributed by atoms with Crippen LogP contribution in [-0.4, -0.2) is 18.6 Å². The van der Waals surface area contributed by atoms with Gasteiger partial charge in [0.25, 0.3) is 0 Å². The van der Waals surface area contributed by atoms with E-state index in [0.29, 0.717) is 17.6 Å². The summed E-state index contributed by atoms with van der Waals surface area (Å²) >= 11 is 3.52. The fraction of sp³-hybridized carbons (Fsp3) is 0.562. The summed E-state index contributed by atoms with van der Waals surface area (Å²) in [7, 11) is 0. The van der Waals surface area contributed by atoms with Gasteiger partial charge in [-0.2, -0.15) is 5.26 Å². The van der Waals surface area contributed by atoms with Crippen molar-refractivity contribution in [2.24, 2.45) is 0 Å². The number of benzene rings is 1. The molecule has 20 heavy (non-hydrogen) atoms. The van der Waals surface area contributed by atoms with Crippen LogP contribution in [0.2, 0.25) is 0 Å². The first-order valence-electron chi connectivity index (χ1n) is 7.38. The number of nitrogens with one attached hydrogen (secondary N) is 2. The van der Waals surface area contributed by atoms with Crippen molar-refractivity contribution in [2.75, 3.05) is 11.9 Å². The zero-order valence-electron chi connectivity index (χ0n) is 12.0. The summed E-state index contributed by atoms with van der Waals surface area (Å²) in [6.07, 6.45) is 6.41. The van der Waals surface area contributed by atoms with Crippen LogP contribution in [0.15, 0.2) is 22.7 Å². The van der Waals surface area contributed by atoms with Gasteiger partial charge in [0.05, 0.1) is 11.6 Å². The lowest BCUT2D eigenvalue weighted by Crippen LogP contribution is -2.33. The molecule has 0 spiro atoms. The molecule has 1 aromatic rings. The molecule has 0 radical (unpaired) electrons. The fourth-order valence-corrected chi connectivity index (χ4v) is 3.25. The summed E-state index contributed by atoms with van der Waals surface area (Å²) in [6, 6.07) is 8.87. The van der Waals surface area contributed by atoms with Crippen LogP contribution in [0.25, 0.3) is 0 Å². The molecule has 0 amide bonds. The predicted molar refractivity (Wildman–Crippen MR) is 86.8 cm³/mol. The minimum absolute atomic E-state index is 0.412. The Labute approximate surface area is 129 Å². The van der Waals surface area contributed by atoms with E-state index >= 15 is 0 Å². The normalized spacial score (nSPS) is 20.8. The van der Waals surface area contributed by atoms with E-state index in [0.717, 1.165) is 23.1 Å². The Morgan fingerprint density at radius 2 is 2.30 bits per heavy atom. The lowest BCUT2D eigenvalue weighted by atomic mass is 10.0. The van der Waals surface area contributed by atoms with Crippen LogP contribution >= 0.6 is 15.9 Å². The molecule has 4 heteroatoms. The molecule has 108 valence electrons. The standard InChI is InChI=1S/C16H22BrN3/c1-12(9-14-5-3-2-4-8-19-14)20-16-7-6-13(11-18)10-15(16)17/h6-7,10,12,14,19-20H,2-5,8-9H2,1H3. The van der Waals surface area contributed by atoms with Crippen LogP contribution in [0.4, 0.5) is 5.69 Å². The fourth-order valence-electron chi connectivity index (χ4n) is 2.75. The molecule has 2 rings (SSSR count). The molecular weight excluding hydrogens is 314 g/mol. The van der Waals surface area contributed by atoms with E-state index in [1.165, 1.54) is 25.7 Å². The molecule has 0 aliphatic carbocycles. The average molecular weight is 336 g/mol. The molecule has 2 N–H and O–H groups in total. The third kappa shape index (κ3) is 4.50. The summed E-state index contributed by atoms with van der Waals surface area (Å²) in [6.45, 7) is 3.37. The molecule has 1 saturated heterocycles. The lowest BCUT2D eigenvalue weighted by molar-refractivity contribution is 0.456. The zero-order chi connectivity index (χ0) is 14.4. The summed E-state index contributed by atoms with van der Waals surface area (Å²) in [4.78, 5) is 0. The lowest BCUT2D eigenvalue weighted by Gasteiger charge is -2.22. The SMILES string of the molecule is CC(CC1CCCCCN1)Nc1ccc(C#N)cc1Br. The molecular formula is C16H22BrN3. The van der Waals surface area contributed by atoms with Crippen LogP contribution in [0, 0.1) is 11.3 Å². The minimum Gasteiger partial charge on any atom is -0.382 e. The second kappa shape index (κ2) is 7.66. The summed E-state index contributed by atoms with van der Waals surface area (Å²) in [5, 5.41) is 16.0. The first kappa shape index (κ1) is 15.3. The highest BCUT2D eigenvalue weighted by molar-refractivity contribution is 9.10. The molecule has 3 nitrogen and oxygen atoms in total. The van der Waals surface area contributed by atoms with Crippen molar-refractivity contribution >= 4 is 21.6 Å². The Kier molecular flexibility index (Phi) is 5.87. The van der Waals surface area contributed by atoms with Crippen molar-refractivity contribution in [2.45, 2.75) is 51.1 Å². The molecule has 1 aliphatic rings. The monoisotopic (exact) mass is 335 g/mol. The maximum Gasteiger partial charge on any atom is 0.0992 e. The van der Waals surface area contributed by atoms with Crippen LogP contribution in [-0.2, 0) is 0 Å². The highest BCUT2D eigenvalue weighted by Gasteiger charge is 2.15. The van der Waals surface area contributed by atoms with E-state index < -0.39 is 0 Å². The Morgan fingerprint density at radius 3 is 3.05 bits per heavy atom. The number of rotatable bonds is 4. The molecule has 2 atom stereocenters. The molecule has 1 heterocycles.